The molecule has 0 aliphatic carbocycles. The lowest BCUT2D eigenvalue weighted by molar-refractivity contribution is 0.627. The molecule has 84 valence electrons. The Balaban J connectivity index is 0.000000160. The van der Waals surface area contributed by atoms with Crippen molar-refractivity contribution in [1.82, 2.24) is 0 Å². The lowest BCUT2D eigenvalue weighted by Gasteiger charge is -1.85. The third-order valence-corrected chi connectivity index (χ3v) is 2.08. The molecule has 0 nitrogen and oxygen atoms in total. The van der Waals surface area contributed by atoms with Crippen LogP contribution in [-0.2, 0) is 0 Å². The summed E-state index contributed by atoms with van der Waals surface area (Å²) >= 11 is 10.8. The van der Waals surface area contributed by atoms with Crippen molar-refractivity contribution < 1.29 is 8.78 Å². The number of benzene rings is 2. The molecule has 0 bridgehead atoms. The standard InChI is InChI=1S/2C6H4ClF/c7-5-1-3-6(8)4-2-5;7-5-2-1-3-6(8)4-5/h2*1-4H. The van der Waals surface area contributed by atoms with E-state index in [1.165, 1.54) is 36.4 Å². The van der Waals surface area contributed by atoms with Crippen molar-refractivity contribution in [2.45, 2.75) is 0 Å². The van der Waals surface area contributed by atoms with Crippen LogP contribution >= 0.6 is 23.2 Å². The fraction of sp³-hybridized carbons (Fsp3) is 0. The average Bonchev–Trinajstić information content (AvgIpc) is 2.23. The van der Waals surface area contributed by atoms with E-state index in [9.17, 15) is 8.78 Å². The van der Waals surface area contributed by atoms with Crippen molar-refractivity contribution in [3.05, 3.63) is 70.2 Å². The maximum absolute atomic E-state index is 12.1. The second-order valence-corrected chi connectivity index (χ2v) is 3.75. The normalized spacial score (nSPS) is 9.25. The minimum atomic E-state index is -0.294. The van der Waals surface area contributed by atoms with Gasteiger partial charge in [0, 0.05) is 10.0 Å². The van der Waals surface area contributed by atoms with Crippen LogP contribution in [0.3, 0.4) is 0 Å². The van der Waals surface area contributed by atoms with Crippen LogP contribution in [0.5, 0.6) is 0 Å². The quantitative estimate of drug-likeness (QED) is 0.628. The van der Waals surface area contributed by atoms with Crippen LogP contribution in [0.25, 0.3) is 0 Å². The summed E-state index contributed by atoms with van der Waals surface area (Å²) < 4.78 is 24.1. The second-order valence-electron chi connectivity index (χ2n) is 2.88. The van der Waals surface area contributed by atoms with Gasteiger partial charge in [-0.2, -0.15) is 0 Å². The van der Waals surface area contributed by atoms with E-state index in [2.05, 4.69) is 0 Å². The summed E-state index contributed by atoms with van der Waals surface area (Å²) in [7, 11) is 0. The van der Waals surface area contributed by atoms with Gasteiger partial charge in [0.05, 0.1) is 0 Å². The summed E-state index contributed by atoms with van der Waals surface area (Å²) in [4.78, 5) is 0. The van der Waals surface area contributed by atoms with E-state index in [0.29, 0.717) is 10.0 Å². The highest BCUT2D eigenvalue weighted by atomic mass is 35.5. The van der Waals surface area contributed by atoms with Crippen LogP contribution < -0.4 is 0 Å². The smallest absolute Gasteiger partial charge is 0.124 e. The van der Waals surface area contributed by atoms with Crippen LogP contribution in [0.2, 0.25) is 10.0 Å². The average molecular weight is 261 g/mol. The van der Waals surface area contributed by atoms with Gasteiger partial charge in [-0.05, 0) is 42.5 Å². The molecule has 0 spiro atoms. The Labute approximate surface area is 102 Å². The zero-order valence-electron chi connectivity index (χ0n) is 8.13. The number of hydrogen-bond acceptors (Lipinski definition) is 0. The predicted molar refractivity (Wildman–Crippen MR) is 62.8 cm³/mol. The summed E-state index contributed by atoms with van der Waals surface area (Å²) in [6, 6.07) is 11.5. The van der Waals surface area contributed by atoms with Crippen LogP contribution in [-0.4, -0.2) is 0 Å². The molecule has 0 amide bonds. The van der Waals surface area contributed by atoms with Gasteiger partial charge in [0.15, 0.2) is 0 Å². The van der Waals surface area contributed by atoms with E-state index in [1.807, 2.05) is 0 Å². The largest absolute Gasteiger partial charge is 0.207 e. The molecule has 0 N–H and O–H groups in total. The molecule has 2 aromatic rings. The summed E-state index contributed by atoms with van der Waals surface area (Å²) in [5, 5.41) is 0.997. The summed E-state index contributed by atoms with van der Waals surface area (Å²) in [5.74, 6) is -0.549. The lowest BCUT2D eigenvalue weighted by Crippen LogP contribution is -1.68. The zero-order valence-corrected chi connectivity index (χ0v) is 9.64. The molecule has 0 saturated heterocycles. The van der Waals surface area contributed by atoms with E-state index in [-0.39, 0.29) is 11.6 Å². The van der Waals surface area contributed by atoms with Gasteiger partial charge in [-0.25, -0.2) is 8.78 Å². The molecule has 0 saturated carbocycles. The fourth-order valence-electron chi connectivity index (χ4n) is 0.889. The predicted octanol–water partition coefficient (Wildman–Crippen LogP) is 4.96. The van der Waals surface area contributed by atoms with E-state index in [1.54, 1.807) is 12.1 Å². The molecule has 0 fully saturated rings. The lowest BCUT2D eigenvalue weighted by atomic mass is 10.4. The maximum atomic E-state index is 12.1. The molecule has 16 heavy (non-hydrogen) atoms. The van der Waals surface area contributed by atoms with Crippen LogP contribution in [0, 0.1) is 11.6 Å². The molecule has 0 aliphatic heterocycles. The molecule has 2 rings (SSSR count). The van der Waals surface area contributed by atoms with Crippen LogP contribution in [0.15, 0.2) is 48.5 Å². The van der Waals surface area contributed by atoms with E-state index < -0.39 is 0 Å². The summed E-state index contributed by atoms with van der Waals surface area (Å²) in [6.07, 6.45) is 0. The monoisotopic (exact) mass is 260 g/mol. The molecule has 0 unspecified atom stereocenters. The Kier molecular flexibility index (Phi) is 5.23. The first kappa shape index (κ1) is 12.9. The minimum absolute atomic E-state index is 0.255. The molecule has 4 heteroatoms. The van der Waals surface area contributed by atoms with Crippen molar-refractivity contribution >= 4 is 23.2 Å². The molecule has 2 aromatic carbocycles. The van der Waals surface area contributed by atoms with Crippen LogP contribution in [0.4, 0.5) is 8.78 Å². The molecule has 0 radical (unpaired) electrons. The van der Waals surface area contributed by atoms with Gasteiger partial charge in [-0.15, -0.1) is 0 Å². The summed E-state index contributed by atoms with van der Waals surface area (Å²) in [5.41, 5.74) is 0. The molecule has 0 atom stereocenters. The van der Waals surface area contributed by atoms with Gasteiger partial charge >= 0.3 is 0 Å². The highest BCUT2D eigenvalue weighted by Crippen LogP contribution is 2.08. The van der Waals surface area contributed by atoms with Crippen molar-refractivity contribution in [3.8, 4) is 0 Å². The van der Waals surface area contributed by atoms with Crippen molar-refractivity contribution in [1.29, 1.82) is 0 Å². The molecule has 0 aliphatic rings. The van der Waals surface area contributed by atoms with Gasteiger partial charge in [0.2, 0.25) is 0 Å². The van der Waals surface area contributed by atoms with E-state index in [4.69, 9.17) is 23.2 Å². The SMILES string of the molecule is Fc1ccc(Cl)cc1.Fc1cccc(Cl)c1. The molecule has 0 aromatic heterocycles. The molecule has 0 heterocycles. The van der Waals surface area contributed by atoms with E-state index in [0.717, 1.165) is 0 Å². The van der Waals surface area contributed by atoms with Gasteiger partial charge in [0.25, 0.3) is 0 Å². The topological polar surface area (TPSA) is 0 Å². The number of hydrogen-bond donors (Lipinski definition) is 0. The Morgan fingerprint density at radius 1 is 0.688 bits per heavy atom. The van der Waals surface area contributed by atoms with Crippen molar-refractivity contribution in [2.75, 3.05) is 0 Å². The Hall–Kier alpha value is -1.12. The fourth-order valence-corrected chi connectivity index (χ4v) is 1.19. The first-order valence-corrected chi connectivity index (χ1v) is 5.15. The van der Waals surface area contributed by atoms with Crippen molar-refractivity contribution in [2.24, 2.45) is 0 Å². The number of halogens is 4. The minimum Gasteiger partial charge on any atom is -0.207 e. The summed E-state index contributed by atoms with van der Waals surface area (Å²) in [6.45, 7) is 0. The van der Waals surface area contributed by atoms with Gasteiger partial charge < -0.3 is 0 Å². The number of rotatable bonds is 0. The molecular weight excluding hydrogens is 253 g/mol. The molecular formula is C12H8Cl2F2. The van der Waals surface area contributed by atoms with Gasteiger partial charge in [-0.1, -0.05) is 29.3 Å². The Morgan fingerprint density at radius 2 is 1.31 bits per heavy atom. The van der Waals surface area contributed by atoms with Gasteiger partial charge in [-0.3, -0.25) is 0 Å². The second kappa shape index (κ2) is 6.46. The highest BCUT2D eigenvalue weighted by molar-refractivity contribution is 6.30. The Bertz CT molecular complexity index is 403. The third-order valence-electron chi connectivity index (χ3n) is 1.59. The third kappa shape index (κ3) is 5.10. The van der Waals surface area contributed by atoms with Gasteiger partial charge in [0.1, 0.15) is 11.6 Å². The van der Waals surface area contributed by atoms with Crippen LogP contribution in [0.1, 0.15) is 0 Å². The first-order chi connectivity index (χ1) is 7.58. The first-order valence-electron chi connectivity index (χ1n) is 4.40. The maximum Gasteiger partial charge on any atom is 0.124 e. The Morgan fingerprint density at radius 3 is 1.69 bits per heavy atom. The highest BCUT2D eigenvalue weighted by Gasteiger charge is 1.86. The van der Waals surface area contributed by atoms with E-state index >= 15 is 0 Å². The van der Waals surface area contributed by atoms with Crippen molar-refractivity contribution in [3.63, 3.8) is 0 Å². The zero-order chi connectivity index (χ0) is 12.0.